The molecule has 1 amide bonds. The van der Waals surface area contributed by atoms with E-state index in [2.05, 4.69) is 37.4 Å². The van der Waals surface area contributed by atoms with Gasteiger partial charge in [-0.2, -0.15) is 5.10 Å². The van der Waals surface area contributed by atoms with Crippen molar-refractivity contribution in [2.24, 2.45) is 11.7 Å². The Balaban J connectivity index is 1.18. The Morgan fingerprint density at radius 2 is 2.19 bits per heavy atom. The minimum atomic E-state index is -4.01. The molecule has 15 nitrogen and oxygen atoms in total. The summed E-state index contributed by atoms with van der Waals surface area (Å²) in [5.41, 5.74) is 12.1. The van der Waals surface area contributed by atoms with Crippen molar-refractivity contribution in [3.8, 4) is 0 Å². The number of nitrogens with zero attached hydrogens (tertiary/aromatic N) is 5. The number of H-pyrrole nitrogens is 1. The normalized spacial score (nSPS) is 33.8. The first-order valence-corrected chi connectivity index (χ1v) is 18.9. The average molecular weight is 675 g/mol. The molecule has 6 rings (SSSR count). The van der Waals surface area contributed by atoms with E-state index >= 15 is 4.39 Å². The predicted molar refractivity (Wildman–Crippen MR) is 159 cm³/mol. The minimum absolute atomic E-state index is 0.0144. The number of aromatic amines is 1. The molecule has 43 heavy (non-hydrogen) atoms. The molecule has 2 saturated carbocycles. The summed E-state index contributed by atoms with van der Waals surface area (Å²) in [4.78, 5) is 34.0. The predicted octanol–water partition coefficient (Wildman–Crippen LogP) is 2.75. The van der Waals surface area contributed by atoms with Gasteiger partial charge in [0.05, 0.1) is 12.9 Å². The van der Waals surface area contributed by atoms with Crippen LogP contribution in [0.25, 0.3) is 11.2 Å². The van der Waals surface area contributed by atoms with E-state index in [1.54, 1.807) is 6.07 Å². The first-order valence-electron chi connectivity index (χ1n) is 13.1. The first kappa shape index (κ1) is 30.7. The van der Waals surface area contributed by atoms with Crippen LogP contribution in [-0.4, -0.2) is 77.8 Å². The van der Waals surface area contributed by atoms with E-state index in [1.165, 1.54) is 23.9 Å². The number of primary amides is 1. The van der Waals surface area contributed by atoms with Gasteiger partial charge in [-0.3, -0.25) is 19.0 Å². The summed E-state index contributed by atoms with van der Waals surface area (Å²) in [5, 5.41) is 6.76. The second-order valence-corrected chi connectivity index (χ2v) is 17.5. The van der Waals surface area contributed by atoms with Gasteiger partial charge in [-0.05, 0) is 31.2 Å². The van der Waals surface area contributed by atoms with Gasteiger partial charge in [-0.25, -0.2) is 23.9 Å². The molecule has 4 unspecified atom stereocenters. The molecule has 0 radical (unpaired) electrons. The molecule has 6 N–H and O–H groups in total. The van der Waals surface area contributed by atoms with Crippen LogP contribution >= 0.6 is 25.5 Å². The highest BCUT2D eigenvalue weighted by molar-refractivity contribution is 8.44. The molecule has 1 aliphatic heterocycles. The maximum Gasteiger partial charge on any atom is 0.386 e. The van der Waals surface area contributed by atoms with Crippen molar-refractivity contribution in [2.45, 2.75) is 55.9 Å². The number of carbonyl (C=O) groups is 1. The number of allylic oxidation sites excluding steroid dienone is 1. The minimum Gasteiger partial charge on any atom is -0.382 e. The fourth-order valence-electron chi connectivity index (χ4n) is 5.73. The molecule has 0 aromatic carbocycles. The Bertz CT molecular complexity index is 1720. The van der Waals surface area contributed by atoms with Crippen LogP contribution in [0.2, 0.25) is 0 Å². The zero-order valence-electron chi connectivity index (χ0n) is 22.8. The van der Waals surface area contributed by atoms with Crippen molar-refractivity contribution < 1.29 is 37.0 Å². The Morgan fingerprint density at radius 1 is 1.42 bits per heavy atom. The van der Waals surface area contributed by atoms with E-state index in [0.29, 0.717) is 12.1 Å². The number of hydrogen-bond donors (Lipinski definition) is 5. The molecule has 20 heteroatoms. The number of nitrogens with one attached hydrogen (secondary N) is 1. The average Bonchev–Trinajstić information content (AvgIpc) is 3.25. The molecule has 232 valence electrons. The summed E-state index contributed by atoms with van der Waals surface area (Å²) in [6.45, 7) is -4.23. The molecule has 3 aliphatic rings. The lowest BCUT2D eigenvalue weighted by molar-refractivity contribution is -0.0546. The van der Waals surface area contributed by atoms with Crippen molar-refractivity contribution in [1.82, 2.24) is 29.7 Å². The van der Waals surface area contributed by atoms with E-state index < -0.39 is 49.4 Å². The molecule has 2 aliphatic carbocycles. The van der Waals surface area contributed by atoms with Crippen LogP contribution in [0.3, 0.4) is 0 Å². The van der Waals surface area contributed by atoms with Crippen molar-refractivity contribution in [1.29, 1.82) is 0 Å². The lowest BCUT2D eigenvalue weighted by Crippen LogP contribution is -2.35. The molecule has 4 heterocycles. The van der Waals surface area contributed by atoms with E-state index in [4.69, 9.17) is 41.6 Å². The van der Waals surface area contributed by atoms with Crippen molar-refractivity contribution >= 4 is 60.2 Å². The Morgan fingerprint density at radius 3 is 2.86 bits per heavy atom. The highest BCUT2D eigenvalue weighted by atomic mass is 32.7. The third kappa shape index (κ3) is 5.69. The van der Waals surface area contributed by atoms with Gasteiger partial charge in [0.15, 0.2) is 30.4 Å². The number of nitrogen functional groups attached to an aromatic ring is 1. The molecule has 0 bridgehead atoms. The number of anilines is 1. The molecule has 9 atom stereocenters. The lowest BCUT2D eigenvalue weighted by atomic mass is 9.68. The number of fused-ring (bicyclic) bond motifs is 1. The zero-order valence-corrected chi connectivity index (χ0v) is 26.3. The Hall–Kier alpha value is -2.27. The van der Waals surface area contributed by atoms with Crippen LogP contribution in [0.4, 0.5) is 10.2 Å². The number of carbonyl (C=O) groups excluding carboxylic acids is 1. The third-order valence-electron chi connectivity index (χ3n) is 7.96. The van der Waals surface area contributed by atoms with Crippen molar-refractivity contribution in [3.63, 3.8) is 0 Å². The summed E-state index contributed by atoms with van der Waals surface area (Å²) in [6.07, 6.45) is -0.238. The molecule has 3 aromatic rings. The van der Waals surface area contributed by atoms with E-state index in [0.717, 1.165) is 5.57 Å². The number of thiol groups is 1. The van der Waals surface area contributed by atoms with E-state index in [1.807, 2.05) is 13.0 Å². The second-order valence-electron chi connectivity index (χ2n) is 10.7. The van der Waals surface area contributed by atoms with Crippen LogP contribution in [-0.2, 0) is 34.7 Å². The topological polar surface area (TPSA) is 216 Å². The number of alkyl halides is 1. The summed E-state index contributed by atoms with van der Waals surface area (Å²) in [7, 11) is 0. The van der Waals surface area contributed by atoms with Gasteiger partial charge in [0.2, 0.25) is 0 Å². The van der Waals surface area contributed by atoms with Crippen LogP contribution in [0.15, 0.2) is 30.4 Å². The van der Waals surface area contributed by atoms with Crippen molar-refractivity contribution in [3.05, 3.63) is 41.8 Å². The number of hydrogen-bond acceptors (Lipinski definition) is 12. The van der Waals surface area contributed by atoms with Gasteiger partial charge >= 0.3 is 6.80 Å². The number of amides is 1. The maximum absolute atomic E-state index is 16.0. The van der Waals surface area contributed by atoms with Gasteiger partial charge < -0.3 is 30.1 Å². The second kappa shape index (κ2) is 11.0. The summed E-state index contributed by atoms with van der Waals surface area (Å²) >= 11 is 9.24. The maximum atomic E-state index is 16.0. The van der Waals surface area contributed by atoms with Gasteiger partial charge in [-0.1, -0.05) is 23.9 Å². The first-order chi connectivity index (χ1) is 20.2. The smallest absolute Gasteiger partial charge is 0.382 e. The third-order valence-corrected chi connectivity index (χ3v) is 10.5. The van der Waals surface area contributed by atoms with Gasteiger partial charge in [0.1, 0.15) is 35.3 Å². The quantitative estimate of drug-likeness (QED) is 0.119. The Labute approximate surface area is 254 Å². The lowest BCUT2D eigenvalue weighted by Gasteiger charge is -2.39. The Kier molecular flexibility index (Phi) is 7.84. The fourth-order valence-corrected chi connectivity index (χ4v) is 8.25. The van der Waals surface area contributed by atoms with Crippen LogP contribution in [0, 0.1) is 5.92 Å². The number of nitrogens with two attached hydrogens (primary N) is 2. The number of halogens is 1. The summed E-state index contributed by atoms with van der Waals surface area (Å²) < 4.78 is 54.0. The highest BCUT2D eigenvalue weighted by Crippen LogP contribution is 2.66. The summed E-state index contributed by atoms with van der Waals surface area (Å²) in [6, 6.07) is 1.58. The van der Waals surface area contributed by atoms with Gasteiger partial charge in [0, 0.05) is 30.6 Å². The molecular weight excluding hydrogens is 645 g/mol. The van der Waals surface area contributed by atoms with Crippen LogP contribution in [0.5, 0.6) is 0 Å². The number of ether oxygens (including phenoxy) is 1. The van der Waals surface area contributed by atoms with Gasteiger partial charge in [0.25, 0.3) is 5.91 Å². The molecular formula is C23H29FN8O7P2S2. The molecule has 3 fully saturated rings. The summed E-state index contributed by atoms with van der Waals surface area (Å²) in [5.74, 6) is -0.820. The molecule has 1 saturated heterocycles. The fraction of sp³-hybridized carbons (Fsp3) is 0.522. The monoisotopic (exact) mass is 674 g/mol. The molecule has 3 aromatic heterocycles. The zero-order chi connectivity index (χ0) is 30.9. The van der Waals surface area contributed by atoms with Crippen molar-refractivity contribution in [2.75, 3.05) is 19.0 Å². The highest BCUT2D eigenvalue weighted by Gasteiger charge is 2.73. The van der Waals surface area contributed by atoms with Crippen LogP contribution in [0.1, 0.15) is 48.1 Å². The molecule has 1 spiro atoms. The number of aromatic nitrogens is 6. The number of imidazole rings is 1. The standard InChI is InChI=1S/C23H29FN8O7P2S2/c1-3-10-4-11(13-5-14(20(26)33)31-30-13)12(10)7-36-41(35,43)38-15-6-23(15)18(39-40(2,34)42)16(24)22(37-23)32-9-29-17-19(25)27-8-28-21(17)32/h3,5,8-9,11-12,15-16,18,22H,4,6-7H2,1-2H3,(H2,26,33)(H,30,31)(H,34,42)(H,35,43)(H2,25,27,28)/b10-3-/t11-,12-,15?,16-,18+,22-,23?,40?,41?/m1/s1. The van der Waals surface area contributed by atoms with E-state index in [-0.39, 0.29) is 47.5 Å². The largest absolute Gasteiger partial charge is 0.386 e. The SMILES string of the molecule is C/C=C1/C[C@@H](c2cc(C(N)=O)n[nH]2)[C@@H]1COP(=O)(S)OC1CC12O[C@@H](n1cnc3c(N)ncnc31)[C@H](F)[C@@H]2OP(C)(O)=S. The number of rotatable bonds is 10. The van der Waals surface area contributed by atoms with Gasteiger partial charge in [-0.15, -0.1) is 0 Å². The van der Waals surface area contributed by atoms with E-state index in [9.17, 15) is 14.3 Å². The van der Waals surface area contributed by atoms with Crippen LogP contribution < -0.4 is 11.5 Å².